The van der Waals surface area contributed by atoms with E-state index in [1.54, 1.807) is 6.08 Å². The average molecular weight is 321 g/mol. The van der Waals surface area contributed by atoms with Crippen LogP contribution in [0, 0.1) is 11.8 Å². The number of carbonyl (C=O) groups excluding carboxylic acids is 2. The minimum Gasteiger partial charge on any atom is -0.370 e. The van der Waals surface area contributed by atoms with E-state index in [0.29, 0.717) is 6.54 Å². The van der Waals surface area contributed by atoms with Gasteiger partial charge in [-0.15, -0.1) is 6.58 Å². The van der Waals surface area contributed by atoms with E-state index < -0.39 is 8.07 Å². The summed E-state index contributed by atoms with van der Waals surface area (Å²) < 4.78 is 6.25. The fraction of sp³-hybridized carbons (Fsp3) is 0.765. The monoisotopic (exact) mass is 321 g/mol. The molecular formula is C17H27NO3Si. The first-order valence-electron chi connectivity index (χ1n) is 8.64. The summed E-state index contributed by atoms with van der Waals surface area (Å²) in [6, 6.07) is 3.60. The van der Waals surface area contributed by atoms with Gasteiger partial charge < -0.3 is 4.74 Å². The molecule has 122 valence electrons. The molecule has 4 atom stereocenters. The SMILES string of the molecule is C=CCN1C(=O)C2CC3OC3([Si](CC)(CC)CC)CC2C1=O. The zero-order valence-electron chi connectivity index (χ0n) is 13.9. The molecule has 0 N–H and O–H groups in total. The van der Waals surface area contributed by atoms with Gasteiger partial charge in [-0.2, -0.15) is 0 Å². The second kappa shape index (κ2) is 5.30. The van der Waals surface area contributed by atoms with Crippen LogP contribution in [0.4, 0.5) is 0 Å². The van der Waals surface area contributed by atoms with Crippen LogP contribution in [0.1, 0.15) is 33.6 Å². The van der Waals surface area contributed by atoms with E-state index in [2.05, 4.69) is 27.4 Å². The van der Waals surface area contributed by atoms with E-state index in [1.165, 1.54) is 23.0 Å². The molecule has 0 spiro atoms. The van der Waals surface area contributed by atoms with Gasteiger partial charge in [0.1, 0.15) is 0 Å². The first kappa shape index (κ1) is 15.9. The van der Waals surface area contributed by atoms with Gasteiger partial charge in [-0.3, -0.25) is 14.5 Å². The van der Waals surface area contributed by atoms with E-state index in [4.69, 9.17) is 4.74 Å². The van der Waals surface area contributed by atoms with Crippen LogP contribution < -0.4 is 0 Å². The number of fused-ring (bicyclic) bond motifs is 2. The van der Waals surface area contributed by atoms with Crippen LogP contribution in [0.3, 0.4) is 0 Å². The van der Waals surface area contributed by atoms with Crippen molar-refractivity contribution >= 4 is 19.9 Å². The van der Waals surface area contributed by atoms with Crippen molar-refractivity contribution in [3.05, 3.63) is 12.7 Å². The maximum absolute atomic E-state index is 12.7. The fourth-order valence-electron chi connectivity index (χ4n) is 5.18. The second-order valence-electron chi connectivity index (χ2n) is 7.07. The number of imide groups is 1. The third-order valence-corrected chi connectivity index (χ3v) is 13.2. The van der Waals surface area contributed by atoms with Crippen LogP contribution in [0.15, 0.2) is 12.7 Å². The number of rotatable bonds is 6. The van der Waals surface area contributed by atoms with Crippen molar-refractivity contribution < 1.29 is 14.3 Å². The normalized spacial score (nSPS) is 37.0. The van der Waals surface area contributed by atoms with E-state index >= 15 is 0 Å². The van der Waals surface area contributed by atoms with Crippen molar-refractivity contribution in [3.63, 3.8) is 0 Å². The van der Waals surface area contributed by atoms with Crippen LogP contribution in [0.5, 0.6) is 0 Å². The predicted molar refractivity (Wildman–Crippen MR) is 87.9 cm³/mol. The molecule has 0 aromatic rings. The Balaban J connectivity index is 1.88. The number of nitrogens with zero attached hydrogens (tertiary/aromatic N) is 1. The van der Waals surface area contributed by atoms with E-state index in [1.807, 2.05) is 0 Å². The molecule has 3 fully saturated rings. The Hall–Kier alpha value is -0.943. The van der Waals surface area contributed by atoms with Crippen LogP contribution in [-0.2, 0) is 14.3 Å². The predicted octanol–water partition coefficient (Wildman–Crippen LogP) is 2.75. The molecule has 0 bridgehead atoms. The Morgan fingerprint density at radius 1 is 1.23 bits per heavy atom. The summed E-state index contributed by atoms with van der Waals surface area (Å²) in [4.78, 5) is 26.5. The molecule has 0 aromatic heterocycles. The topological polar surface area (TPSA) is 49.9 Å². The molecule has 2 aliphatic heterocycles. The van der Waals surface area contributed by atoms with Gasteiger partial charge in [0.2, 0.25) is 11.8 Å². The highest BCUT2D eigenvalue weighted by atomic mass is 28.3. The Labute approximate surface area is 133 Å². The van der Waals surface area contributed by atoms with Crippen molar-refractivity contribution in [2.75, 3.05) is 6.54 Å². The molecule has 4 unspecified atom stereocenters. The lowest BCUT2D eigenvalue weighted by Gasteiger charge is -2.39. The summed E-state index contributed by atoms with van der Waals surface area (Å²) in [5.41, 5.74) is 0. The summed E-state index contributed by atoms with van der Waals surface area (Å²) in [6.07, 6.45) is 3.39. The summed E-state index contributed by atoms with van der Waals surface area (Å²) >= 11 is 0. The molecule has 3 rings (SSSR count). The fourth-order valence-corrected chi connectivity index (χ4v) is 10.3. The number of amides is 2. The number of carbonyl (C=O) groups is 2. The number of hydrogen-bond acceptors (Lipinski definition) is 3. The van der Waals surface area contributed by atoms with Crippen molar-refractivity contribution in [3.8, 4) is 0 Å². The zero-order valence-corrected chi connectivity index (χ0v) is 14.9. The van der Waals surface area contributed by atoms with Crippen molar-refractivity contribution in [2.24, 2.45) is 11.8 Å². The number of likely N-dealkylation sites (tertiary alicyclic amines) is 1. The first-order valence-corrected chi connectivity index (χ1v) is 11.3. The quantitative estimate of drug-likeness (QED) is 0.327. The molecule has 1 aliphatic carbocycles. The number of hydrogen-bond donors (Lipinski definition) is 0. The summed E-state index contributed by atoms with van der Waals surface area (Å²) in [5, 5.41) is -0.0352. The van der Waals surface area contributed by atoms with E-state index in [0.717, 1.165) is 12.8 Å². The van der Waals surface area contributed by atoms with Crippen LogP contribution in [-0.4, -0.2) is 42.7 Å². The van der Waals surface area contributed by atoms with Crippen molar-refractivity contribution in [1.82, 2.24) is 4.90 Å². The first-order chi connectivity index (χ1) is 10.5. The van der Waals surface area contributed by atoms with E-state index in [9.17, 15) is 9.59 Å². The van der Waals surface area contributed by atoms with Gasteiger partial charge in [0.05, 0.1) is 31.2 Å². The lowest BCUT2D eigenvalue weighted by atomic mass is 9.81. The Morgan fingerprint density at radius 3 is 2.36 bits per heavy atom. The summed E-state index contributed by atoms with van der Waals surface area (Å²) in [6.45, 7) is 10.9. The number of ether oxygens (including phenoxy) is 1. The molecule has 2 saturated heterocycles. The highest BCUT2D eigenvalue weighted by molar-refractivity contribution is 6.83. The van der Waals surface area contributed by atoms with Crippen molar-refractivity contribution in [1.29, 1.82) is 0 Å². The standard InChI is InChI=1S/C17H27NO3Si/c1-5-9-18-15(19)12-10-14-17(21-14,11-13(12)16(18)20)22(6-2,7-3)8-4/h5,12-14H,1,6-11H2,2-4H3. The minimum absolute atomic E-state index is 0.00392. The van der Waals surface area contributed by atoms with Crippen LogP contribution in [0.25, 0.3) is 0 Å². The van der Waals surface area contributed by atoms with Gasteiger partial charge >= 0.3 is 0 Å². The van der Waals surface area contributed by atoms with Gasteiger partial charge in [0, 0.05) is 6.54 Å². The van der Waals surface area contributed by atoms with Gasteiger partial charge in [-0.05, 0) is 12.8 Å². The highest BCUT2D eigenvalue weighted by Gasteiger charge is 2.73. The molecule has 5 heteroatoms. The average Bonchev–Trinajstić information content (AvgIpc) is 3.22. The molecular weight excluding hydrogens is 294 g/mol. The van der Waals surface area contributed by atoms with Crippen LogP contribution in [0.2, 0.25) is 18.1 Å². The molecule has 0 radical (unpaired) electrons. The van der Waals surface area contributed by atoms with Gasteiger partial charge in [0.25, 0.3) is 0 Å². The summed E-state index contributed by atoms with van der Waals surface area (Å²) in [7, 11) is -1.54. The maximum atomic E-state index is 12.7. The van der Waals surface area contributed by atoms with Crippen molar-refractivity contribution in [2.45, 2.75) is 63.1 Å². The lowest BCUT2D eigenvalue weighted by molar-refractivity contribution is -0.139. The smallest absolute Gasteiger partial charge is 0.233 e. The zero-order chi connectivity index (χ0) is 16.1. The Kier molecular flexibility index (Phi) is 3.84. The molecule has 4 nitrogen and oxygen atoms in total. The molecule has 2 heterocycles. The third kappa shape index (κ3) is 1.84. The summed E-state index contributed by atoms with van der Waals surface area (Å²) in [5.74, 6) is -0.293. The molecule has 1 saturated carbocycles. The van der Waals surface area contributed by atoms with E-state index in [-0.39, 0.29) is 35.0 Å². The highest BCUT2D eigenvalue weighted by Crippen LogP contribution is 2.60. The molecule has 3 aliphatic rings. The largest absolute Gasteiger partial charge is 0.370 e. The maximum Gasteiger partial charge on any atom is 0.233 e. The van der Waals surface area contributed by atoms with Gasteiger partial charge in [0.15, 0.2) is 0 Å². The van der Waals surface area contributed by atoms with Crippen LogP contribution >= 0.6 is 0 Å². The second-order valence-corrected chi connectivity index (χ2v) is 12.6. The minimum atomic E-state index is -1.54. The van der Waals surface area contributed by atoms with Gasteiger partial charge in [-0.25, -0.2) is 0 Å². The Bertz CT molecular complexity index is 508. The number of epoxide rings is 1. The van der Waals surface area contributed by atoms with Gasteiger partial charge in [-0.1, -0.05) is 45.0 Å². The third-order valence-electron chi connectivity index (χ3n) is 6.70. The molecule has 22 heavy (non-hydrogen) atoms. The molecule has 0 aromatic carbocycles. The lowest BCUT2D eigenvalue weighted by Crippen LogP contribution is -2.54. The molecule has 2 amide bonds. The Morgan fingerprint density at radius 2 is 1.82 bits per heavy atom.